The third-order valence-corrected chi connectivity index (χ3v) is 1.27. The molecular weight excluding hydrogens is 201 g/mol. The van der Waals surface area contributed by atoms with E-state index in [1.165, 1.54) is 0 Å². The Kier molecular flexibility index (Phi) is 2.80. The van der Waals surface area contributed by atoms with Gasteiger partial charge in [-0.05, 0) is 0 Å². The number of hydrogen-bond donors (Lipinski definition) is 2. The summed E-state index contributed by atoms with van der Waals surface area (Å²) in [5.41, 5.74) is 5.20. The van der Waals surface area contributed by atoms with Crippen LogP contribution in [0.2, 0.25) is 0 Å². The van der Waals surface area contributed by atoms with Crippen molar-refractivity contribution in [1.82, 2.24) is 4.98 Å². The van der Waals surface area contributed by atoms with Crippen LogP contribution in [0.15, 0.2) is 12.1 Å². The molecule has 0 radical (unpaired) electrons. The number of rotatable bonds is 2. The van der Waals surface area contributed by atoms with E-state index < -0.39 is 18.7 Å². The summed E-state index contributed by atoms with van der Waals surface area (Å²) >= 11 is 0. The molecule has 1 heterocycles. The van der Waals surface area contributed by atoms with E-state index in [2.05, 4.69) is 9.72 Å². The van der Waals surface area contributed by atoms with Crippen molar-refractivity contribution in [2.45, 2.75) is 13.0 Å². The number of aliphatic hydroxyl groups is 1. The minimum atomic E-state index is -4.78. The lowest BCUT2D eigenvalue weighted by Crippen LogP contribution is -2.17. The first-order valence-corrected chi connectivity index (χ1v) is 3.54. The van der Waals surface area contributed by atoms with E-state index >= 15 is 0 Å². The van der Waals surface area contributed by atoms with Gasteiger partial charge in [0.25, 0.3) is 0 Å². The average Bonchev–Trinajstić information content (AvgIpc) is 1.99. The van der Waals surface area contributed by atoms with Crippen molar-refractivity contribution in [3.8, 4) is 5.75 Å². The zero-order valence-corrected chi connectivity index (χ0v) is 6.88. The molecule has 0 atom stereocenters. The molecule has 4 nitrogen and oxygen atoms in total. The number of nitrogens with two attached hydrogens (primary N) is 1. The number of alkyl halides is 3. The number of aromatic nitrogens is 1. The van der Waals surface area contributed by atoms with Crippen molar-refractivity contribution in [3.63, 3.8) is 0 Å². The Morgan fingerprint density at radius 2 is 2.07 bits per heavy atom. The number of aliphatic hydroxyl groups excluding tert-OH is 1. The first-order chi connectivity index (χ1) is 6.40. The van der Waals surface area contributed by atoms with Crippen molar-refractivity contribution in [1.29, 1.82) is 0 Å². The molecule has 0 unspecified atom stereocenters. The fraction of sp³-hybridized carbons (Fsp3) is 0.286. The van der Waals surface area contributed by atoms with E-state index in [0.29, 0.717) is 0 Å². The predicted molar refractivity (Wildman–Crippen MR) is 41.3 cm³/mol. The fourth-order valence-corrected chi connectivity index (χ4v) is 0.856. The summed E-state index contributed by atoms with van der Waals surface area (Å²) in [7, 11) is 0. The van der Waals surface area contributed by atoms with Crippen LogP contribution in [-0.2, 0) is 6.61 Å². The Hall–Kier alpha value is -1.50. The minimum Gasteiger partial charge on any atom is -0.406 e. The molecule has 3 N–H and O–H groups in total. The third-order valence-electron chi connectivity index (χ3n) is 1.27. The number of nitrogen functional groups attached to an aromatic ring is 1. The molecule has 0 amide bonds. The van der Waals surface area contributed by atoms with Crippen molar-refractivity contribution in [2.75, 3.05) is 5.73 Å². The summed E-state index contributed by atoms with van der Waals surface area (Å²) in [4.78, 5) is 3.56. The predicted octanol–water partition coefficient (Wildman–Crippen LogP) is 1.05. The number of ether oxygens (including phenoxy) is 1. The highest BCUT2D eigenvalue weighted by Crippen LogP contribution is 2.24. The summed E-state index contributed by atoms with van der Waals surface area (Å²) in [6, 6.07) is 1.89. The van der Waals surface area contributed by atoms with Gasteiger partial charge in [0.2, 0.25) is 0 Å². The number of nitrogens with zero attached hydrogens (tertiary/aromatic N) is 1. The van der Waals surface area contributed by atoms with Gasteiger partial charge in [0.05, 0.1) is 12.3 Å². The molecule has 1 aromatic heterocycles. The van der Waals surface area contributed by atoms with Gasteiger partial charge in [-0.1, -0.05) is 0 Å². The lowest BCUT2D eigenvalue weighted by Gasteiger charge is -2.09. The van der Waals surface area contributed by atoms with Crippen LogP contribution < -0.4 is 10.5 Å². The van der Waals surface area contributed by atoms with Crippen LogP contribution >= 0.6 is 0 Å². The Balaban J connectivity index is 2.92. The van der Waals surface area contributed by atoms with Crippen LogP contribution in [-0.4, -0.2) is 16.5 Å². The fourth-order valence-electron chi connectivity index (χ4n) is 0.856. The van der Waals surface area contributed by atoms with E-state index in [0.717, 1.165) is 12.1 Å². The summed E-state index contributed by atoms with van der Waals surface area (Å²) in [5.74, 6) is -0.634. The Bertz CT molecular complexity index is 327. The highest BCUT2D eigenvalue weighted by Gasteiger charge is 2.31. The van der Waals surface area contributed by atoms with E-state index in [9.17, 15) is 13.2 Å². The highest BCUT2D eigenvalue weighted by molar-refractivity contribution is 5.38. The monoisotopic (exact) mass is 208 g/mol. The third kappa shape index (κ3) is 3.09. The maximum Gasteiger partial charge on any atom is 0.573 e. The van der Waals surface area contributed by atoms with Gasteiger partial charge in [0.15, 0.2) is 0 Å². The van der Waals surface area contributed by atoms with Gasteiger partial charge < -0.3 is 15.6 Å². The molecule has 0 spiro atoms. The Labute approximate surface area is 77.1 Å². The van der Waals surface area contributed by atoms with Gasteiger partial charge in [0, 0.05) is 12.1 Å². The van der Waals surface area contributed by atoms with Crippen LogP contribution in [0.3, 0.4) is 0 Å². The summed E-state index contributed by atoms with van der Waals surface area (Å²) in [6.07, 6.45) is -4.78. The zero-order valence-electron chi connectivity index (χ0n) is 6.88. The maximum absolute atomic E-state index is 11.8. The first-order valence-electron chi connectivity index (χ1n) is 3.54. The van der Waals surface area contributed by atoms with Gasteiger partial charge in [-0.15, -0.1) is 13.2 Å². The van der Waals surface area contributed by atoms with E-state index in [1.807, 2.05) is 0 Å². The molecule has 0 fully saturated rings. The van der Waals surface area contributed by atoms with Crippen molar-refractivity contribution >= 4 is 5.82 Å². The molecule has 0 bridgehead atoms. The van der Waals surface area contributed by atoms with E-state index in [-0.39, 0.29) is 11.5 Å². The molecule has 0 saturated heterocycles. The van der Waals surface area contributed by atoms with E-state index in [4.69, 9.17) is 10.8 Å². The highest BCUT2D eigenvalue weighted by atomic mass is 19.4. The van der Waals surface area contributed by atoms with Gasteiger partial charge in [-0.3, -0.25) is 0 Å². The van der Waals surface area contributed by atoms with E-state index in [1.54, 1.807) is 0 Å². The second kappa shape index (κ2) is 3.70. The summed E-state index contributed by atoms with van der Waals surface area (Å²) in [5, 5.41) is 8.63. The normalized spacial score (nSPS) is 11.4. The molecule has 78 valence electrons. The molecule has 0 saturated carbocycles. The molecule has 0 aliphatic carbocycles. The topological polar surface area (TPSA) is 68.4 Å². The maximum atomic E-state index is 11.8. The molecule has 0 aromatic carbocycles. The molecule has 1 aromatic rings. The first kappa shape index (κ1) is 10.6. The van der Waals surface area contributed by atoms with Gasteiger partial charge >= 0.3 is 6.36 Å². The van der Waals surface area contributed by atoms with Crippen LogP contribution in [0.5, 0.6) is 5.75 Å². The lowest BCUT2D eigenvalue weighted by atomic mass is 10.3. The van der Waals surface area contributed by atoms with Crippen LogP contribution in [0, 0.1) is 0 Å². The van der Waals surface area contributed by atoms with Crippen LogP contribution in [0.25, 0.3) is 0 Å². The number of halogens is 3. The molecule has 0 aliphatic rings. The molecule has 7 heteroatoms. The minimum absolute atomic E-state index is 0.0178. The Morgan fingerprint density at radius 1 is 1.43 bits per heavy atom. The van der Waals surface area contributed by atoms with Crippen molar-refractivity contribution < 1.29 is 23.0 Å². The largest absolute Gasteiger partial charge is 0.573 e. The van der Waals surface area contributed by atoms with Gasteiger partial charge in [0.1, 0.15) is 11.6 Å². The quantitative estimate of drug-likeness (QED) is 0.762. The van der Waals surface area contributed by atoms with Crippen LogP contribution in [0.4, 0.5) is 19.0 Å². The number of anilines is 1. The second-order valence-electron chi connectivity index (χ2n) is 2.42. The lowest BCUT2D eigenvalue weighted by molar-refractivity contribution is -0.274. The van der Waals surface area contributed by atoms with Crippen LogP contribution in [0.1, 0.15) is 5.69 Å². The van der Waals surface area contributed by atoms with Crippen molar-refractivity contribution in [3.05, 3.63) is 17.8 Å². The molecule has 14 heavy (non-hydrogen) atoms. The number of hydrogen-bond acceptors (Lipinski definition) is 4. The SMILES string of the molecule is Nc1cc(OC(F)(F)F)cc(CO)n1. The molecular formula is C7H7F3N2O2. The van der Waals surface area contributed by atoms with Gasteiger partial charge in [-0.25, -0.2) is 4.98 Å². The zero-order chi connectivity index (χ0) is 10.8. The van der Waals surface area contributed by atoms with Gasteiger partial charge in [-0.2, -0.15) is 0 Å². The van der Waals surface area contributed by atoms with Crippen molar-refractivity contribution in [2.24, 2.45) is 0 Å². The number of pyridine rings is 1. The Morgan fingerprint density at radius 3 is 2.57 bits per heavy atom. The smallest absolute Gasteiger partial charge is 0.406 e. The molecule has 0 aliphatic heterocycles. The summed E-state index contributed by atoms with van der Waals surface area (Å²) < 4.78 is 38.9. The standard InChI is InChI=1S/C7H7F3N2O2/c8-7(9,10)14-5-1-4(3-13)12-6(11)2-5/h1-2,13H,3H2,(H2,11,12). The average molecular weight is 208 g/mol. The summed E-state index contributed by atoms with van der Waals surface area (Å²) in [6.45, 7) is -0.501. The molecule has 1 rings (SSSR count). The second-order valence-corrected chi connectivity index (χ2v) is 2.42.